The standard InChI is InChI=1S/C21H20O11/c1-18(25)15(9-22)32-21(29,30)20(28,19(18,26)27)31-10-6-7-13-14(8-10)17(24)12-5-3-2-4-11(12)16(13)23/h2-8,15,22,25-30H,9H2,1H3/t15-,18-,20-/m0/s1. The topological polar surface area (TPSA) is 194 Å². The zero-order valence-corrected chi connectivity index (χ0v) is 16.6. The number of ketones is 2. The highest BCUT2D eigenvalue weighted by atomic mass is 16.8. The van der Waals surface area contributed by atoms with Crippen molar-refractivity contribution in [3.05, 3.63) is 64.7 Å². The Bertz CT molecular complexity index is 1120. The number of aliphatic hydroxyl groups excluding tert-OH is 1. The van der Waals surface area contributed by atoms with E-state index in [2.05, 4.69) is 4.74 Å². The quantitative estimate of drug-likeness (QED) is 0.219. The molecule has 1 aliphatic heterocycles. The van der Waals surface area contributed by atoms with Crippen molar-refractivity contribution in [3.63, 3.8) is 0 Å². The molecular formula is C21H20O11. The van der Waals surface area contributed by atoms with Gasteiger partial charge >= 0.3 is 11.8 Å². The Balaban J connectivity index is 1.78. The van der Waals surface area contributed by atoms with Gasteiger partial charge in [0.2, 0.25) is 0 Å². The number of hydrogen-bond donors (Lipinski definition) is 7. The predicted octanol–water partition coefficient (Wildman–Crippen LogP) is -2.01. The van der Waals surface area contributed by atoms with Gasteiger partial charge in [-0.15, -0.1) is 0 Å². The molecule has 32 heavy (non-hydrogen) atoms. The van der Waals surface area contributed by atoms with Crippen molar-refractivity contribution in [1.82, 2.24) is 0 Å². The summed E-state index contributed by atoms with van der Waals surface area (Å²) in [5.41, 5.74) is -2.68. The van der Waals surface area contributed by atoms with E-state index in [1.807, 2.05) is 0 Å². The molecule has 2 aromatic carbocycles. The Labute approximate surface area is 180 Å². The maximum absolute atomic E-state index is 12.9. The van der Waals surface area contributed by atoms with Crippen molar-refractivity contribution in [2.75, 3.05) is 6.61 Å². The molecule has 1 heterocycles. The highest BCUT2D eigenvalue weighted by Crippen LogP contribution is 2.47. The maximum atomic E-state index is 12.9. The molecule has 0 radical (unpaired) electrons. The third-order valence-electron chi connectivity index (χ3n) is 5.88. The van der Waals surface area contributed by atoms with Crippen molar-refractivity contribution in [2.24, 2.45) is 0 Å². The van der Waals surface area contributed by atoms with Crippen LogP contribution in [-0.2, 0) is 4.74 Å². The lowest BCUT2D eigenvalue weighted by molar-refractivity contribution is -0.570. The van der Waals surface area contributed by atoms with Gasteiger partial charge in [-0.2, -0.15) is 0 Å². The molecule has 1 fully saturated rings. The van der Waals surface area contributed by atoms with Crippen LogP contribution in [0.1, 0.15) is 38.8 Å². The van der Waals surface area contributed by atoms with E-state index in [0.29, 0.717) is 0 Å². The van der Waals surface area contributed by atoms with Crippen LogP contribution in [0.15, 0.2) is 42.5 Å². The minimum Gasteiger partial charge on any atom is -0.450 e. The van der Waals surface area contributed by atoms with Gasteiger partial charge in [0.05, 0.1) is 6.61 Å². The van der Waals surface area contributed by atoms with Crippen LogP contribution < -0.4 is 4.74 Å². The zero-order chi connectivity index (χ0) is 23.7. The number of carbonyl (C=O) groups is 2. The Morgan fingerprint density at radius 2 is 1.41 bits per heavy atom. The number of fused-ring (bicyclic) bond motifs is 2. The molecule has 1 aliphatic carbocycles. The van der Waals surface area contributed by atoms with Crippen LogP contribution in [-0.4, -0.2) is 83.2 Å². The van der Waals surface area contributed by atoms with Crippen LogP contribution in [0, 0.1) is 0 Å². The van der Waals surface area contributed by atoms with Gasteiger partial charge < -0.3 is 45.2 Å². The summed E-state index contributed by atoms with van der Waals surface area (Å²) in [7, 11) is 0. The van der Waals surface area contributed by atoms with E-state index in [9.17, 15) is 45.3 Å². The van der Waals surface area contributed by atoms with Crippen LogP contribution in [0.5, 0.6) is 5.75 Å². The van der Waals surface area contributed by atoms with Gasteiger partial charge in [0.1, 0.15) is 11.9 Å². The minimum absolute atomic E-state index is 0.0128. The van der Waals surface area contributed by atoms with E-state index in [0.717, 1.165) is 19.1 Å². The molecule has 2 aliphatic rings. The lowest BCUT2D eigenvalue weighted by atomic mass is 9.79. The van der Waals surface area contributed by atoms with E-state index in [1.165, 1.54) is 18.2 Å². The highest BCUT2D eigenvalue weighted by molar-refractivity contribution is 6.28. The smallest absolute Gasteiger partial charge is 0.354 e. The molecule has 4 rings (SSSR count). The first-order valence-electron chi connectivity index (χ1n) is 9.43. The highest BCUT2D eigenvalue weighted by Gasteiger charge is 2.79. The van der Waals surface area contributed by atoms with Crippen LogP contribution in [0.25, 0.3) is 0 Å². The zero-order valence-electron chi connectivity index (χ0n) is 16.6. The first-order valence-corrected chi connectivity index (χ1v) is 9.43. The summed E-state index contributed by atoms with van der Waals surface area (Å²) in [6, 6.07) is 9.32. The van der Waals surface area contributed by atoms with Crippen molar-refractivity contribution < 1.29 is 54.8 Å². The summed E-state index contributed by atoms with van der Waals surface area (Å²) in [4.78, 5) is 25.6. The van der Waals surface area contributed by atoms with Crippen molar-refractivity contribution in [1.29, 1.82) is 0 Å². The molecule has 1 saturated heterocycles. The molecule has 2 aromatic rings. The van der Waals surface area contributed by atoms with Gasteiger partial charge in [-0.3, -0.25) is 9.59 Å². The number of carbonyl (C=O) groups excluding carboxylic acids is 2. The molecule has 0 unspecified atom stereocenters. The fraction of sp³-hybridized carbons (Fsp3) is 0.333. The van der Waals surface area contributed by atoms with Crippen molar-refractivity contribution in [3.8, 4) is 5.75 Å². The van der Waals surface area contributed by atoms with Gasteiger partial charge in [0, 0.05) is 22.3 Å². The van der Waals surface area contributed by atoms with Gasteiger partial charge in [-0.25, -0.2) is 0 Å². The third kappa shape index (κ3) is 2.78. The van der Waals surface area contributed by atoms with Gasteiger partial charge in [0.15, 0.2) is 17.2 Å². The van der Waals surface area contributed by atoms with Crippen LogP contribution in [0.2, 0.25) is 0 Å². The molecule has 11 nitrogen and oxygen atoms in total. The second-order valence-corrected chi connectivity index (χ2v) is 7.87. The average molecular weight is 448 g/mol. The fourth-order valence-electron chi connectivity index (χ4n) is 3.85. The Kier molecular flexibility index (Phi) is 4.83. The SMILES string of the molecule is C[C@]1(O)[C@H](CO)OC(O)(O)[C@@](O)(Oc2ccc3c(c2)C(=O)c2ccccc2C3=O)C1(O)O. The first-order chi connectivity index (χ1) is 14.8. The summed E-state index contributed by atoms with van der Waals surface area (Å²) in [5.74, 6) is -13.0. The lowest BCUT2D eigenvalue weighted by Gasteiger charge is -2.56. The summed E-state index contributed by atoms with van der Waals surface area (Å²) in [6.45, 7) is -0.326. The normalized spacial score (nSPS) is 30.4. The molecule has 0 spiro atoms. The van der Waals surface area contributed by atoms with Crippen LogP contribution in [0.4, 0.5) is 0 Å². The largest absolute Gasteiger partial charge is 0.450 e. The van der Waals surface area contributed by atoms with Gasteiger partial charge in [0.25, 0.3) is 5.79 Å². The van der Waals surface area contributed by atoms with Crippen LogP contribution >= 0.6 is 0 Å². The molecule has 170 valence electrons. The van der Waals surface area contributed by atoms with E-state index in [4.69, 9.17) is 4.74 Å². The Morgan fingerprint density at radius 3 is 1.97 bits per heavy atom. The van der Waals surface area contributed by atoms with Crippen LogP contribution in [0.3, 0.4) is 0 Å². The molecule has 11 heteroatoms. The molecule has 0 bridgehead atoms. The van der Waals surface area contributed by atoms with Gasteiger partial charge in [-0.1, -0.05) is 24.3 Å². The summed E-state index contributed by atoms with van der Waals surface area (Å²) in [6.07, 6.45) is -1.95. The number of hydrogen-bond acceptors (Lipinski definition) is 11. The summed E-state index contributed by atoms with van der Waals surface area (Å²) >= 11 is 0. The number of aliphatic hydroxyl groups is 7. The number of ether oxygens (including phenoxy) is 2. The Hall–Kier alpha value is -2.74. The fourth-order valence-corrected chi connectivity index (χ4v) is 3.85. The lowest BCUT2D eigenvalue weighted by Crippen LogP contribution is -2.85. The summed E-state index contributed by atoms with van der Waals surface area (Å²) < 4.78 is 9.72. The second-order valence-electron chi connectivity index (χ2n) is 7.87. The van der Waals surface area contributed by atoms with E-state index in [-0.39, 0.29) is 22.3 Å². The van der Waals surface area contributed by atoms with E-state index < -0.39 is 53.2 Å². The first kappa shape index (κ1) is 22.5. The monoisotopic (exact) mass is 448 g/mol. The molecule has 0 saturated carbocycles. The molecular weight excluding hydrogens is 428 g/mol. The Morgan fingerprint density at radius 1 is 0.875 bits per heavy atom. The molecule has 7 N–H and O–H groups in total. The van der Waals surface area contributed by atoms with Crippen molar-refractivity contribution >= 4 is 11.6 Å². The minimum atomic E-state index is -3.84. The number of benzene rings is 2. The third-order valence-corrected chi connectivity index (χ3v) is 5.88. The van der Waals surface area contributed by atoms with Gasteiger partial charge in [-0.05, 0) is 25.1 Å². The number of rotatable bonds is 3. The molecule has 3 atom stereocenters. The van der Waals surface area contributed by atoms with Crippen molar-refractivity contribution in [2.45, 2.75) is 36.2 Å². The maximum Gasteiger partial charge on any atom is 0.354 e. The molecule has 0 amide bonds. The second kappa shape index (κ2) is 6.88. The average Bonchev–Trinajstić information content (AvgIpc) is 2.74. The predicted molar refractivity (Wildman–Crippen MR) is 102 cm³/mol. The van der Waals surface area contributed by atoms with E-state index in [1.54, 1.807) is 12.1 Å². The summed E-state index contributed by atoms with van der Waals surface area (Å²) in [5, 5.41) is 71.8. The van der Waals surface area contributed by atoms with E-state index >= 15 is 0 Å². The molecule has 0 aromatic heterocycles.